The topological polar surface area (TPSA) is 55.5 Å². The number of phenols is 1. The summed E-state index contributed by atoms with van der Waals surface area (Å²) in [5, 5.41) is 9.42. The number of anilines is 1. The highest BCUT2D eigenvalue weighted by atomic mass is 16.5. The molecule has 1 atom stereocenters. The van der Waals surface area contributed by atoms with E-state index in [1.165, 1.54) is 0 Å². The third-order valence-electron chi connectivity index (χ3n) is 2.71. The molecule has 0 spiro atoms. The maximum Gasteiger partial charge on any atom is 0.138 e. The van der Waals surface area contributed by atoms with E-state index >= 15 is 0 Å². The maximum absolute atomic E-state index is 9.42. The van der Waals surface area contributed by atoms with Gasteiger partial charge in [0, 0.05) is 13.2 Å². The number of aromatic hydroxyl groups is 1. The van der Waals surface area contributed by atoms with Gasteiger partial charge in [-0.05, 0) is 30.4 Å². The number of nitrogen functional groups attached to an aromatic ring is 1. The second-order valence-electron chi connectivity index (χ2n) is 3.78. The minimum absolute atomic E-state index is 0.182. The van der Waals surface area contributed by atoms with Crippen LogP contribution in [-0.4, -0.2) is 18.3 Å². The Morgan fingerprint density at radius 3 is 3.07 bits per heavy atom. The number of para-hydroxylation sites is 1. The van der Waals surface area contributed by atoms with Gasteiger partial charge in [-0.15, -0.1) is 0 Å². The van der Waals surface area contributed by atoms with Crippen LogP contribution in [0.5, 0.6) is 5.75 Å². The molecule has 1 aliphatic heterocycles. The smallest absolute Gasteiger partial charge is 0.138 e. The zero-order valence-electron chi connectivity index (χ0n) is 8.07. The molecule has 2 rings (SSSR count). The Morgan fingerprint density at radius 1 is 1.50 bits per heavy atom. The minimum Gasteiger partial charge on any atom is -0.506 e. The molecule has 3 nitrogen and oxygen atoms in total. The van der Waals surface area contributed by atoms with E-state index in [4.69, 9.17) is 10.5 Å². The highest BCUT2D eigenvalue weighted by molar-refractivity contribution is 5.57. The average Bonchev–Trinajstić information content (AvgIpc) is 2.66. The molecule has 1 saturated heterocycles. The van der Waals surface area contributed by atoms with Crippen LogP contribution < -0.4 is 5.73 Å². The van der Waals surface area contributed by atoms with Crippen molar-refractivity contribution in [1.29, 1.82) is 0 Å². The maximum atomic E-state index is 9.42. The van der Waals surface area contributed by atoms with Crippen LogP contribution in [0.2, 0.25) is 0 Å². The minimum atomic E-state index is 0.182. The van der Waals surface area contributed by atoms with Crippen LogP contribution in [0.4, 0.5) is 5.69 Å². The van der Waals surface area contributed by atoms with E-state index in [9.17, 15) is 5.11 Å². The van der Waals surface area contributed by atoms with Crippen molar-refractivity contribution in [2.24, 2.45) is 5.92 Å². The second kappa shape index (κ2) is 3.88. The Labute approximate surface area is 83.5 Å². The SMILES string of the molecule is Nc1c(O)cccc1CC1CCOC1. The molecule has 76 valence electrons. The summed E-state index contributed by atoms with van der Waals surface area (Å²) in [5.74, 6) is 0.737. The first-order chi connectivity index (χ1) is 6.77. The van der Waals surface area contributed by atoms with Gasteiger partial charge in [-0.25, -0.2) is 0 Å². The van der Waals surface area contributed by atoms with Crippen molar-refractivity contribution < 1.29 is 9.84 Å². The van der Waals surface area contributed by atoms with E-state index in [0.29, 0.717) is 11.6 Å². The van der Waals surface area contributed by atoms with Crippen LogP contribution in [0.25, 0.3) is 0 Å². The van der Waals surface area contributed by atoms with Crippen molar-refractivity contribution in [3.63, 3.8) is 0 Å². The Bertz CT molecular complexity index is 319. The lowest BCUT2D eigenvalue weighted by Gasteiger charge is -2.10. The van der Waals surface area contributed by atoms with Crippen molar-refractivity contribution in [3.05, 3.63) is 23.8 Å². The van der Waals surface area contributed by atoms with E-state index in [2.05, 4.69) is 0 Å². The van der Waals surface area contributed by atoms with Crippen LogP contribution in [0.3, 0.4) is 0 Å². The molecule has 1 fully saturated rings. The Balaban J connectivity index is 2.11. The molecule has 0 radical (unpaired) electrons. The number of phenolic OH excluding ortho intramolecular Hbond substituents is 1. The van der Waals surface area contributed by atoms with Crippen LogP contribution in [0.15, 0.2) is 18.2 Å². The lowest BCUT2D eigenvalue weighted by atomic mass is 9.97. The summed E-state index contributed by atoms with van der Waals surface area (Å²) >= 11 is 0. The Hall–Kier alpha value is -1.22. The number of hydrogen-bond donors (Lipinski definition) is 2. The molecule has 0 bridgehead atoms. The lowest BCUT2D eigenvalue weighted by Crippen LogP contribution is -2.05. The van der Waals surface area contributed by atoms with Gasteiger partial charge in [0.1, 0.15) is 5.75 Å². The first-order valence-corrected chi connectivity index (χ1v) is 4.91. The molecule has 3 heteroatoms. The fraction of sp³-hybridized carbons (Fsp3) is 0.455. The monoisotopic (exact) mass is 193 g/mol. The molecule has 0 aliphatic carbocycles. The molecular formula is C11H15NO2. The lowest BCUT2D eigenvalue weighted by molar-refractivity contribution is 0.186. The zero-order valence-corrected chi connectivity index (χ0v) is 8.07. The molecular weight excluding hydrogens is 178 g/mol. The molecule has 1 aliphatic rings. The first-order valence-electron chi connectivity index (χ1n) is 4.91. The number of hydrogen-bond acceptors (Lipinski definition) is 3. The summed E-state index contributed by atoms with van der Waals surface area (Å²) in [7, 11) is 0. The van der Waals surface area contributed by atoms with Crippen LogP contribution in [-0.2, 0) is 11.2 Å². The average molecular weight is 193 g/mol. The van der Waals surface area contributed by atoms with Gasteiger partial charge in [-0.2, -0.15) is 0 Å². The van der Waals surface area contributed by atoms with Gasteiger partial charge in [0.25, 0.3) is 0 Å². The van der Waals surface area contributed by atoms with Crippen molar-refractivity contribution >= 4 is 5.69 Å². The summed E-state index contributed by atoms with van der Waals surface area (Å²) in [6.07, 6.45) is 2.00. The van der Waals surface area contributed by atoms with Gasteiger partial charge in [0.15, 0.2) is 0 Å². The predicted molar refractivity (Wildman–Crippen MR) is 55.1 cm³/mol. The van der Waals surface area contributed by atoms with Gasteiger partial charge in [0.05, 0.1) is 5.69 Å². The van der Waals surface area contributed by atoms with E-state index in [1.807, 2.05) is 12.1 Å². The molecule has 1 unspecified atom stereocenters. The van der Waals surface area contributed by atoms with Crippen LogP contribution in [0, 0.1) is 5.92 Å². The van der Waals surface area contributed by atoms with Crippen LogP contribution in [0.1, 0.15) is 12.0 Å². The third-order valence-corrected chi connectivity index (χ3v) is 2.71. The first kappa shape index (κ1) is 9.34. The fourth-order valence-corrected chi connectivity index (χ4v) is 1.83. The highest BCUT2D eigenvalue weighted by Gasteiger charge is 2.17. The third kappa shape index (κ3) is 1.82. The molecule has 0 aromatic heterocycles. The predicted octanol–water partition coefficient (Wildman–Crippen LogP) is 1.55. The second-order valence-corrected chi connectivity index (χ2v) is 3.78. The van der Waals surface area contributed by atoms with Gasteiger partial charge in [-0.1, -0.05) is 12.1 Å². The van der Waals surface area contributed by atoms with Gasteiger partial charge in [0.2, 0.25) is 0 Å². The molecule has 0 amide bonds. The molecule has 1 heterocycles. The zero-order chi connectivity index (χ0) is 9.97. The molecule has 3 N–H and O–H groups in total. The number of benzene rings is 1. The molecule has 14 heavy (non-hydrogen) atoms. The highest BCUT2D eigenvalue weighted by Crippen LogP contribution is 2.27. The molecule has 1 aromatic carbocycles. The fourth-order valence-electron chi connectivity index (χ4n) is 1.83. The number of rotatable bonds is 2. The van der Waals surface area contributed by atoms with E-state index in [0.717, 1.165) is 31.6 Å². The van der Waals surface area contributed by atoms with E-state index < -0.39 is 0 Å². The van der Waals surface area contributed by atoms with E-state index in [1.54, 1.807) is 6.07 Å². The quantitative estimate of drug-likeness (QED) is 0.553. The van der Waals surface area contributed by atoms with Gasteiger partial charge < -0.3 is 15.6 Å². The number of ether oxygens (including phenoxy) is 1. The summed E-state index contributed by atoms with van der Waals surface area (Å²) in [6, 6.07) is 5.41. The van der Waals surface area contributed by atoms with E-state index in [-0.39, 0.29) is 5.75 Å². The number of nitrogens with two attached hydrogens (primary N) is 1. The standard InChI is InChI=1S/C11H15NO2/c12-11-9(2-1-3-10(11)13)6-8-4-5-14-7-8/h1-3,8,13H,4-7,12H2. The summed E-state index contributed by atoms with van der Waals surface area (Å²) < 4.78 is 5.30. The summed E-state index contributed by atoms with van der Waals surface area (Å²) in [6.45, 7) is 1.67. The molecule has 1 aromatic rings. The Kier molecular flexibility index (Phi) is 2.59. The Morgan fingerprint density at radius 2 is 2.36 bits per heavy atom. The van der Waals surface area contributed by atoms with Crippen molar-refractivity contribution in [2.75, 3.05) is 18.9 Å². The van der Waals surface area contributed by atoms with Crippen molar-refractivity contribution in [2.45, 2.75) is 12.8 Å². The normalized spacial score (nSPS) is 21.3. The largest absolute Gasteiger partial charge is 0.506 e. The molecule has 0 saturated carbocycles. The van der Waals surface area contributed by atoms with Gasteiger partial charge in [-0.3, -0.25) is 0 Å². The summed E-state index contributed by atoms with van der Waals surface area (Å²) in [4.78, 5) is 0. The van der Waals surface area contributed by atoms with Crippen molar-refractivity contribution in [1.82, 2.24) is 0 Å². The van der Waals surface area contributed by atoms with Crippen molar-refractivity contribution in [3.8, 4) is 5.75 Å². The van der Waals surface area contributed by atoms with Crippen LogP contribution >= 0.6 is 0 Å². The van der Waals surface area contributed by atoms with Gasteiger partial charge >= 0.3 is 0 Å². The summed E-state index contributed by atoms with van der Waals surface area (Å²) in [5.41, 5.74) is 7.31.